The molecular weight excluding hydrogens is 438 g/mol. The molecule has 0 bridgehead atoms. The SMILES string of the molecule is C/C(C[C@H](NS(=O)C(C)(C)C)C(F)F)=C1/C(=O)N(C(=O)OC(C)(C)C)c2ccc(C)cc21. The van der Waals surface area contributed by atoms with Crippen molar-refractivity contribution in [1.82, 2.24) is 4.72 Å². The normalized spacial score (nSPS) is 18.0. The molecule has 32 heavy (non-hydrogen) atoms. The highest BCUT2D eigenvalue weighted by atomic mass is 32.2. The van der Waals surface area contributed by atoms with Gasteiger partial charge < -0.3 is 4.74 Å². The minimum Gasteiger partial charge on any atom is -0.443 e. The first-order valence-corrected chi connectivity index (χ1v) is 11.5. The molecule has 0 radical (unpaired) electrons. The highest BCUT2D eigenvalue weighted by molar-refractivity contribution is 7.84. The predicted octanol–water partition coefficient (Wildman–Crippen LogP) is 5.13. The van der Waals surface area contributed by atoms with E-state index >= 15 is 0 Å². The standard InChI is InChI=1S/C23H32F2N2O4S/c1-13-9-10-17-15(11-13)18(20(28)27(17)21(29)31-22(3,4)5)14(2)12-16(19(24)25)26-32(30)23(6,7)8/h9-11,16,19,26H,12H2,1-8H3/b18-14-/t16-,32?/m0/s1. The van der Waals surface area contributed by atoms with Crippen LogP contribution in [0.5, 0.6) is 0 Å². The number of anilines is 1. The molecule has 2 atom stereocenters. The molecule has 0 saturated carbocycles. The molecule has 0 aromatic heterocycles. The number of amides is 2. The van der Waals surface area contributed by atoms with E-state index in [1.165, 1.54) is 0 Å². The molecule has 0 fully saturated rings. The molecule has 1 aliphatic heterocycles. The van der Waals surface area contributed by atoms with Crippen molar-refractivity contribution in [2.24, 2.45) is 0 Å². The summed E-state index contributed by atoms with van der Waals surface area (Å²) in [6, 6.07) is 3.73. The molecule has 1 N–H and O–H groups in total. The van der Waals surface area contributed by atoms with Crippen LogP contribution in [-0.4, -0.2) is 39.0 Å². The van der Waals surface area contributed by atoms with Crippen molar-refractivity contribution in [2.75, 3.05) is 4.90 Å². The Kier molecular flexibility index (Phi) is 7.67. The Balaban J connectivity index is 2.48. The predicted molar refractivity (Wildman–Crippen MR) is 123 cm³/mol. The van der Waals surface area contributed by atoms with Crippen LogP contribution in [0.3, 0.4) is 0 Å². The molecule has 0 saturated heterocycles. The van der Waals surface area contributed by atoms with Gasteiger partial charge in [-0.2, -0.15) is 0 Å². The van der Waals surface area contributed by atoms with Crippen LogP contribution in [-0.2, 0) is 20.5 Å². The number of carbonyl (C=O) groups excluding carboxylic acids is 2. The summed E-state index contributed by atoms with van der Waals surface area (Å²) >= 11 is 0. The van der Waals surface area contributed by atoms with E-state index in [4.69, 9.17) is 4.74 Å². The number of benzene rings is 1. The first kappa shape index (κ1) is 26.1. The van der Waals surface area contributed by atoms with E-state index in [1.807, 2.05) is 6.92 Å². The van der Waals surface area contributed by atoms with Crippen molar-refractivity contribution >= 4 is 34.2 Å². The second-order valence-electron chi connectivity index (χ2n) is 9.94. The fourth-order valence-electron chi connectivity index (χ4n) is 3.21. The topological polar surface area (TPSA) is 75.7 Å². The molecule has 2 amide bonds. The van der Waals surface area contributed by atoms with Gasteiger partial charge in [0.1, 0.15) is 5.60 Å². The zero-order chi connectivity index (χ0) is 24.6. The van der Waals surface area contributed by atoms with Crippen LogP contribution in [0.4, 0.5) is 19.3 Å². The van der Waals surface area contributed by atoms with Crippen molar-refractivity contribution in [3.63, 3.8) is 0 Å². The van der Waals surface area contributed by atoms with Crippen LogP contribution in [0.25, 0.3) is 5.57 Å². The van der Waals surface area contributed by atoms with Gasteiger partial charge in [-0.3, -0.25) is 4.79 Å². The number of carbonyl (C=O) groups is 2. The van der Waals surface area contributed by atoms with Crippen molar-refractivity contribution in [2.45, 2.75) is 84.6 Å². The van der Waals surface area contributed by atoms with E-state index in [0.717, 1.165) is 10.5 Å². The summed E-state index contributed by atoms with van der Waals surface area (Å²) < 4.78 is 47.0. The van der Waals surface area contributed by atoms with Crippen LogP contribution >= 0.6 is 0 Å². The molecule has 1 aliphatic rings. The largest absolute Gasteiger partial charge is 0.443 e. The molecule has 1 aromatic carbocycles. The Morgan fingerprint density at radius 3 is 2.28 bits per heavy atom. The first-order chi connectivity index (χ1) is 14.5. The van der Waals surface area contributed by atoms with Crippen LogP contribution in [0.1, 0.15) is 66.0 Å². The molecular formula is C23H32F2N2O4S. The van der Waals surface area contributed by atoms with E-state index in [1.54, 1.807) is 66.7 Å². The molecule has 0 aliphatic carbocycles. The summed E-state index contributed by atoms with van der Waals surface area (Å²) in [6.07, 6.45) is -3.84. The quantitative estimate of drug-likeness (QED) is 0.606. The third kappa shape index (κ3) is 6.01. The molecule has 2 rings (SSSR count). The number of nitrogens with zero attached hydrogens (tertiary/aromatic N) is 1. The fourth-order valence-corrected chi connectivity index (χ4v) is 4.03. The van der Waals surface area contributed by atoms with Crippen molar-refractivity contribution < 1.29 is 27.3 Å². The summed E-state index contributed by atoms with van der Waals surface area (Å²) in [5.74, 6) is -0.623. The van der Waals surface area contributed by atoms with Gasteiger partial charge in [0.15, 0.2) is 0 Å². The van der Waals surface area contributed by atoms with Gasteiger partial charge >= 0.3 is 6.09 Å². The third-order valence-corrected chi connectivity index (χ3v) is 6.36. The minimum absolute atomic E-state index is 0.184. The highest BCUT2D eigenvalue weighted by Gasteiger charge is 2.40. The van der Waals surface area contributed by atoms with Crippen molar-refractivity contribution in [3.05, 3.63) is 34.9 Å². The fraction of sp³-hybridized carbons (Fsp3) is 0.565. The molecule has 178 valence electrons. The number of alkyl halides is 2. The van der Waals surface area contributed by atoms with E-state index < -0.39 is 45.8 Å². The Morgan fingerprint density at radius 1 is 1.19 bits per heavy atom. The lowest BCUT2D eigenvalue weighted by Gasteiger charge is -2.24. The minimum atomic E-state index is -2.80. The second kappa shape index (κ2) is 9.39. The first-order valence-electron chi connectivity index (χ1n) is 10.4. The van der Waals surface area contributed by atoms with E-state index in [-0.39, 0.29) is 12.0 Å². The number of fused-ring (bicyclic) bond motifs is 1. The van der Waals surface area contributed by atoms with Gasteiger partial charge in [0, 0.05) is 11.1 Å². The zero-order valence-electron chi connectivity index (χ0n) is 19.8. The average Bonchev–Trinajstić information content (AvgIpc) is 2.89. The molecule has 1 aromatic rings. The van der Waals surface area contributed by atoms with Gasteiger partial charge in [-0.25, -0.2) is 27.4 Å². The van der Waals surface area contributed by atoms with Crippen LogP contribution in [0.15, 0.2) is 23.8 Å². The summed E-state index contributed by atoms with van der Waals surface area (Å²) in [4.78, 5) is 27.0. The van der Waals surface area contributed by atoms with Crippen LogP contribution in [0, 0.1) is 6.92 Å². The van der Waals surface area contributed by atoms with Crippen molar-refractivity contribution in [1.29, 1.82) is 0 Å². The van der Waals surface area contributed by atoms with E-state index in [0.29, 0.717) is 16.8 Å². The van der Waals surface area contributed by atoms with Gasteiger partial charge in [-0.05, 0) is 73.9 Å². The van der Waals surface area contributed by atoms with Crippen LogP contribution < -0.4 is 9.62 Å². The molecule has 0 spiro atoms. The molecule has 1 unspecified atom stereocenters. The maximum atomic E-state index is 13.8. The van der Waals surface area contributed by atoms with Crippen LogP contribution in [0.2, 0.25) is 0 Å². The molecule has 9 heteroatoms. The lowest BCUT2D eigenvalue weighted by molar-refractivity contribution is -0.112. The maximum absolute atomic E-state index is 13.8. The summed E-state index contributed by atoms with van der Waals surface area (Å²) in [5, 5.41) is 0. The lowest BCUT2D eigenvalue weighted by Crippen LogP contribution is -2.43. The van der Waals surface area contributed by atoms with Gasteiger partial charge in [-0.15, -0.1) is 0 Å². The highest BCUT2D eigenvalue weighted by Crippen LogP contribution is 2.41. The van der Waals surface area contributed by atoms with Gasteiger partial charge in [0.05, 0.1) is 27.5 Å². The summed E-state index contributed by atoms with van der Waals surface area (Å²) in [7, 11) is -1.71. The van der Waals surface area contributed by atoms with E-state index in [2.05, 4.69) is 4.72 Å². The number of nitrogens with one attached hydrogen (secondary N) is 1. The number of imide groups is 1. The number of hydrogen-bond donors (Lipinski definition) is 1. The zero-order valence-corrected chi connectivity index (χ0v) is 20.7. The Hall–Kier alpha value is -2.13. The Morgan fingerprint density at radius 2 is 1.78 bits per heavy atom. The maximum Gasteiger partial charge on any atom is 0.422 e. The van der Waals surface area contributed by atoms with Gasteiger partial charge in [0.2, 0.25) is 0 Å². The number of ether oxygens (including phenoxy) is 1. The third-order valence-electron chi connectivity index (χ3n) is 4.73. The van der Waals surface area contributed by atoms with E-state index in [9.17, 15) is 22.6 Å². The monoisotopic (exact) mass is 470 g/mol. The second-order valence-corrected chi connectivity index (χ2v) is 11.9. The average molecular weight is 471 g/mol. The lowest BCUT2D eigenvalue weighted by atomic mass is 9.96. The van der Waals surface area contributed by atoms with Gasteiger partial charge in [-0.1, -0.05) is 17.2 Å². The number of aryl methyl sites for hydroxylation is 1. The summed E-state index contributed by atoms with van der Waals surface area (Å²) in [5.41, 5.74) is 1.43. The Bertz CT molecular complexity index is 962. The van der Waals surface area contributed by atoms with Crippen molar-refractivity contribution in [3.8, 4) is 0 Å². The number of hydrogen-bond acceptors (Lipinski definition) is 4. The number of halogens is 2. The Labute approximate surface area is 191 Å². The molecule has 6 nitrogen and oxygen atoms in total. The summed E-state index contributed by atoms with van der Waals surface area (Å²) in [6.45, 7) is 13.5. The van der Waals surface area contributed by atoms with Gasteiger partial charge in [0.25, 0.3) is 12.3 Å². The molecule has 1 heterocycles. The smallest absolute Gasteiger partial charge is 0.422 e. The number of rotatable bonds is 5.